The normalized spacial score (nSPS) is 11.5. The predicted octanol–water partition coefficient (Wildman–Crippen LogP) is 3.57. The quantitative estimate of drug-likeness (QED) is 0.782. The first-order chi connectivity index (χ1) is 5.83. The number of benzene rings is 1. The van der Waals surface area contributed by atoms with Gasteiger partial charge in [-0.2, -0.15) is 0 Å². The van der Waals surface area contributed by atoms with Gasteiger partial charge in [0.1, 0.15) is 0 Å². The average molecular weight is 200 g/mol. The van der Waals surface area contributed by atoms with E-state index in [2.05, 4.69) is 43.4 Å². The first-order valence-electron chi connectivity index (χ1n) is 4.62. The van der Waals surface area contributed by atoms with Gasteiger partial charge in [-0.1, -0.05) is 38.5 Å². The zero-order valence-electron chi connectivity index (χ0n) is 8.29. The molecule has 0 bridgehead atoms. The molecule has 0 aliphatic heterocycles. The van der Waals surface area contributed by atoms with E-state index in [1.165, 1.54) is 12.1 Å². The van der Waals surface area contributed by atoms with E-state index in [4.69, 9.17) is 0 Å². The molecule has 0 aromatic heterocycles. The molecule has 0 heterocycles. The Labute approximate surface area is 87.0 Å². The number of hydrogen-bond donors (Lipinski definition) is 1. The Hall–Kier alpha value is -0.690. The largest absolute Gasteiger partial charge is 0.385 e. The minimum Gasteiger partial charge on any atom is -0.385 e. The molecule has 74 valence electrons. The highest BCUT2D eigenvalue weighted by Gasteiger charge is 1.96. The lowest BCUT2D eigenvalue weighted by Gasteiger charge is -2.10. The van der Waals surface area contributed by atoms with Gasteiger partial charge in [-0.25, -0.2) is 0 Å². The molecule has 0 aliphatic rings. The Morgan fingerprint density at radius 3 is 2.38 bits per heavy atom. The first-order valence-corrected chi connectivity index (χ1v) is 4.62. The number of rotatable bonds is 4. The van der Waals surface area contributed by atoms with Crippen molar-refractivity contribution in [2.45, 2.75) is 20.3 Å². The van der Waals surface area contributed by atoms with Gasteiger partial charge in [-0.3, -0.25) is 0 Å². The van der Waals surface area contributed by atoms with Gasteiger partial charge >= 0.3 is 0 Å². The third kappa shape index (κ3) is 4.79. The van der Waals surface area contributed by atoms with Crippen molar-refractivity contribution in [3.05, 3.63) is 30.3 Å². The number of anilines is 1. The second-order valence-corrected chi connectivity index (χ2v) is 3.26. The lowest BCUT2D eigenvalue weighted by molar-refractivity contribution is 0.593. The van der Waals surface area contributed by atoms with Gasteiger partial charge in [0.25, 0.3) is 0 Å². The Morgan fingerprint density at radius 1 is 1.23 bits per heavy atom. The zero-order valence-corrected chi connectivity index (χ0v) is 9.10. The molecule has 0 spiro atoms. The third-order valence-electron chi connectivity index (χ3n) is 2.13. The molecule has 0 saturated heterocycles. The molecular formula is C11H18ClN. The molecule has 1 unspecified atom stereocenters. The number of halogens is 1. The fourth-order valence-electron chi connectivity index (χ4n) is 0.992. The summed E-state index contributed by atoms with van der Waals surface area (Å²) < 4.78 is 0. The van der Waals surface area contributed by atoms with Crippen molar-refractivity contribution in [3.63, 3.8) is 0 Å². The van der Waals surface area contributed by atoms with E-state index in [1.807, 2.05) is 6.07 Å². The van der Waals surface area contributed by atoms with Gasteiger partial charge in [0.05, 0.1) is 0 Å². The van der Waals surface area contributed by atoms with E-state index in [1.54, 1.807) is 0 Å². The molecule has 1 aromatic rings. The lowest BCUT2D eigenvalue weighted by Crippen LogP contribution is -2.09. The maximum atomic E-state index is 3.40. The topological polar surface area (TPSA) is 12.0 Å². The Morgan fingerprint density at radius 2 is 1.85 bits per heavy atom. The van der Waals surface area contributed by atoms with Crippen molar-refractivity contribution in [2.75, 3.05) is 11.9 Å². The molecule has 1 aromatic carbocycles. The van der Waals surface area contributed by atoms with Gasteiger partial charge in [-0.05, 0) is 18.1 Å². The van der Waals surface area contributed by atoms with Crippen molar-refractivity contribution in [1.29, 1.82) is 0 Å². The van der Waals surface area contributed by atoms with Crippen LogP contribution in [0.3, 0.4) is 0 Å². The maximum absolute atomic E-state index is 3.40. The molecule has 2 heteroatoms. The molecule has 0 fully saturated rings. The first kappa shape index (κ1) is 12.3. The highest BCUT2D eigenvalue weighted by molar-refractivity contribution is 5.85. The SMILES string of the molecule is CCC(C)CNc1ccccc1.Cl. The summed E-state index contributed by atoms with van der Waals surface area (Å²) in [6.07, 6.45) is 1.24. The molecule has 0 saturated carbocycles. The van der Waals surface area contributed by atoms with E-state index in [9.17, 15) is 0 Å². The van der Waals surface area contributed by atoms with Crippen LogP contribution in [0.2, 0.25) is 0 Å². The van der Waals surface area contributed by atoms with Crippen LogP contribution in [0.25, 0.3) is 0 Å². The molecule has 0 aliphatic carbocycles. The Balaban J connectivity index is 0.00000144. The van der Waals surface area contributed by atoms with Crippen LogP contribution in [0.5, 0.6) is 0 Å². The van der Waals surface area contributed by atoms with Crippen LogP contribution in [0.1, 0.15) is 20.3 Å². The highest BCUT2D eigenvalue weighted by Crippen LogP contribution is 2.07. The van der Waals surface area contributed by atoms with Crippen LogP contribution >= 0.6 is 12.4 Å². The molecular weight excluding hydrogens is 182 g/mol. The Kier molecular flexibility index (Phi) is 6.43. The van der Waals surface area contributed by atoms with E-state index in [0.717, 1.165) is 12.5 Å². The second-order valence-electron chi connectivity index (χ2n) is 3.26. The molecule has 1 atom stereocenters. The van der Waals surface area contributed by atoms with Crippen molar-refractivity contribution < 1.29 is 0 Å². The smallest absolute Gasteiger partial charge is 0.0340 e. The van der Waals surface area contributed by atoms with Crippen LogP contribution in [0.4, 0.5) is 5.69 Å². The minimum absolute atomic E-state index is 0. The predicted molar refractivity (Wildman–Crippen MR) is 61.6 cm³/mol. The summed E-state index contributed by atoms with van der Waals surface area (Å²) in [5.74, 6) is 0.755. The van der Waals surface area contributed by atoms with Crippen molar-refractivity contribution in [2.24, 2.45) is 5.92 Å². The fourth-order valence-corrected chi connectivity index (χ4v) is 0.992. The average Bonchev–Trinajstić information content (AvgIpc) is 2.16. The van der Waals surface area contributed by atoms with Crippen LogP contribution < -0.4 is 5.32 Å². The number of hydrogen-bond acceptors (Lipinski definition) is 1. The molecule has 13 heavy (non-hydrogen) atoms. The summed E-state index contributed by atoms with van der Waals surface area (Å²) in [6, 6.07) is 10.3. The molecule has 0 radical (unpaired) electrons. The molecule has 0 amide bonds. The monoisotopic (exact) mass is 199 g/mol. The summed E-state index contributed by atoms with van der Waals surface area (Å²) in [4.78, 5) is 0. The van der Waals surface area contributed by atoms with Crippen molar-refractivity contribution >= 4 is 18.1 Å². The summed E-state index contributed by atoms with van der Waals surface area (Å²) in [7, 11) is 0. The molecule has 1 N–H and O–H groups in total. The summed E-state index contributed by atoms with van der Waals surface area (Å²) in [6.45, 7) is 5.55. The zero-order chi connectivity index (χ0) is 8.81. The van der Waals surface area contributed by atoms with E-state index >= 15 is 0 Å². The second kappa shape index (κ2) is 6.79. The van der Waals surface area contributed by atoms with Gasteiger partial charge in [0, 0.05) is 12.2 Å². The lowest BCUT2D eigenvalue weighted by atomic mass is 10.1. The van der Waals surface area contributed by atoms with Crippen LogP contribution in [0.15, 0.2) is 30.3 Å². The van der Waals surface area contributed by atoms with Crippen LogP contribution in [-0.2, 0) is 0 Å². The van der Waals surface area contributed by atoms with E-state index in [0.29, 0.717) is 0 Å². The van der Waals surface area contributed by atoms with Gasteiger partial charge in [0.15, 0.2) is 0 Å². The standard InChI is InChI=1S/C11H17N.ClH/c1-3-10(2)9-12-11-7-5-4-6-8-11;/h4-8,10,12H,3,9H2,1-2H3;1H. The summed E-state index contributed by atoms with van der Waals surface area (Å²) in [5, 5.41) is 3.40. The maximum Gasteiger partial charge on any atom is 0.0340 e. The molecule has 1 rings (SSSR count). The Bertz CT molecular complexity index is 211. The fraction of sp³-hybridized carbons (Fsp3) is 0.455. The van der Waals surface area contributed by atoms with Crippen molar-refractivity contribution in [3.8, 4) is 0 Å². The van der Waals surface area contributed by atoms with Gasteiger partial charge < -0.3 is 5.32 Å². The number of nitrogens with one attached hydrogen (secondary N) is 1. The van der Waals surface area contributed by atoms with Gasteiger partial charge in [0.2, 0.25) is 0 Å². The molecule has 1 nitrogen and oxygen atoms in total. The van der Waals surface area contributed by atoms with E-state index < -0.39 is 0 Å². The minimum atomic E-state index is 0. The summed E-state index contributed by atoms with van der Waals surface area (Å²) >= 11 is 0. The van der Waals surface area contributed by atoms with Crippen LogP contribution in [-0.4, -0.2) is 6.54 Å². The third-order valence-corrected chi connectivity index (χ3v) is 2.13. The highest BCUT2D eigenvalue weighted by atomic mass is 35.5. The summed E-state index contributed by atoms with van der Waals surface area (Å²) in [5.41, 5.74) is 1.22. The number of para-hydroxylation sites is 1. The van der Waals surface area contributed by atoms with Crippen LogP contribution in [0, 0.1) is 5.92 Å². The van der Waals surface area contributed by atoms with E-state index in [-0.39, 0.29) is 12.4 Å². The van der Waals surface area contributed by atoms with Crippen molar-refractivity contribution in [1.82, 2.24) is 0 Å². The van der Waals surface area contributed by atoms with Gasteiger partial charge in [-0.15, -0.1) is 12.4 Å².